The van der Waals surface area contributed by atoms with Gasteiger partial charge in [0.2, 0.25) is 0 Å². The molecular weight excluding hydrogens is 346 g/mol. The second-order valence-electron chi connectivity index (χ2n) is 10.8. The minimum absolute atomic E-state index is 0.281. The largest absolute Gasteiger partial charge is 0.309 e. The van der Waals surface area contributed by atoms with Gasteiger partial charge in [-0.2, -0.15) is 0 Å². The van der Waals surface area contributed by atoms with E-state index in [2.05, 4.69) is 87.9 Å². The molecule has 5 heteroatoms. The third-order valence-corrected chi connectivity index (χ3v) is 7.00. The number of hydrogen-bond acceptors (Lipinski definition) is 5. The highest BCUT2D eigenvalue weighted by Gasteiger charge is 2.37. The molecule has 5 nitrogen and oxygen atoms in total. The summed E-state index contributed by atoms with van der Waals surface area (Å²) in [4.78, 5) is 7.71. The van der Waals surface area contributed by atoms with E-state index in [-0.39, 0.29) is 5.54 Å². The van der Waals surface area contributed by atoms with E-state index in [1.807, 2.05) is 0 Å². The molecule has 0 spiro atoms. The van der Waals surface area contributed by atoms with Gasteiger partial charge < -0.3 is 15.5 Å². The summed E-state index contributed by atoms with van der Waals surface area (Å²) in [6.07, 6.45) is 3.79. The molecule has 2 N–H and O–H groups in total. The van der Waals surface area contributed by atoms with E-state index in [1.54, 1.807) is 0 Å². The number of likely N-dealkylation sites (N-methyl/N-ethyl adjacent to an activating group) is 1. The summed E-state index contributed by atoms with van der Waals surface area (Å²) >= 11 is 0. The van der Waals surface area contributed by atoms with E-state index in [9.17, 15) is 0 Å². The van der Waals surface area contributed by atoms with Gasteiger partial charge in [-0.1, -0.05) is 13.8 Å². The van der Waals surface area contributed by atoms with Crippen LogP contribution >= 0.6 is 0 Å². The van der Waals surface area contributed by atoms with Gasteiger partial charge in [0.25, 0.3) is 0 Å². The van der Waals surface area contributed by atoms with Gasteiger partial charge in [-0.25, -0.2) is 0 Å². The summed E-state index contributed by atoms with van der Waals surface area (Å²) in [7, 11) is 4.45. The summed E-state index contributed by atoms with van der Waals surface area (Å²) in [5, 5.41) is 7.76. The molecule has 0 aromatic rings. The topological polar surface area (TPSA) is 33.8 Å². The third kappa shape index (κ3) is 6.66. The molecule has 5 unspecified atom stereocenters. The molecule has 0 aromatic carbocycles. The Morgan fingerprint density at radius 1 is 1.00 bits per heavy atom. The lowest BCUT2D eigenvalue weighted by Crippen LogP contribution is -2.50. The molecule has 5 atom stereocenters. The fourth-order valence-corrected chi connectivity index (χ4v) is 5.19. The minimum Gasteiger partial charge on any atom is -0.309 e. The van der Waals surface area contributed by atoms with E-state index in [1.165, 1.54) is 45.4 Å². The fraction of sp³-hybridized carbons (Fsp3) is 1.00. The standard InChI is InChI=1S/C23H49N5/c1-17(2)24-21-14-28(15-22(21)26(8)9)20(6)11-10-19(5)25-23(7)12-13-27(16-23)18(3)4/h17-22,24-25H,10-16H2,1-9H3. The molecule has 2 fully saturated rings. The van der Waals surface area contributed by atoms with Gasteiger partial charge in [-0.3, -0.25) is 9.80 Å². The molecule has 0 amide bonds. The smallest absolute Gasteiger partial charge is 0.0383 e. The molecule has 2 saturated heterocycles. The maximum Gasteiger partial charge on any atom is 0.0383 e. The summed E-state index contributed by atoms with van der Waals surface area (Å²) in [6, 6.07) is 3.62. The molecule has 0 saturated carbocycles. The van der Waals surface area contributed by atoms with Crippen molar-refractivity contribution < 1.29 is 0 Å². The molecule has 0 aromatic heterocycles. The molecule has 28 heavy (non-hydrogen) atoms. The Morgan fingerprint density at radius 3 is 2.21 bits per heavy atom. The average molecular weight is 396 g/mol. The fourth-order valence-electron chi connectivity index (χ4n) is 5.19. The van der Waals surface area contributed by atoms with Crippen LogP contribution < -0.4 is 10.6 Å². The van der Waals surface area contributed by atoms with E-state index in [0.29, 0.717) is 36.3 Å². The zero-order chi connectivity index (χ0) is 21.1. The Bertz CT molecular complexity index is 466. The first-order chi connectivity index (χ1) is 13.0. The number of nitrogens with zero attached hydrogens (tertiary/aromatic N) is 3. The Hall–Kier alpha value is -0.200. The van der Waals surface area contributed by atoms with Crippen molar-refractivity contribution in [1.82, 2.24) is 25.3 Å². The van der Waals surface area contributed by atoms with Gasteiger partial charge in [0.1, 0.15) is 0 Å². The quantitative estimate of drug-likeness (QED) is 0.594. The molecule has 0 bridgehead atoms. The molecular formula is C23H49N5. The highest BCUT2D eigenvalue weighted by Crippen LogP contribution is 2.25. The molecule has 166 valence electrons. The highest BCUT2D eigenvalue weighted by molar-refractivity contribution is 4.98. The monoisotopic (exact) mass is 395 g/mol. The van der Waals surface area contributed by atoms with Gasteiger partial charge >= 0.3 is 0 Å². The lowest BCUT2D eigenvalue weighted by molar-refractivity contribution is 0.204. The lowest BCUT2D eigenvalue weighted by atomic mass is 9.98. The van der Waals surface area contributed by atoms with Crippen molar-refractivity contribution in [2.24, 2.45) is 0 Å². The maximum absolute atomic E-state index is 3.97. The van der Waals surface area contributed by atoms with Crippen LogP contribution in [0.5, 0.6) is 0 Å². The summed E-state index contributed by atoms with van der Waals surface area (Å²) in [5.41, 5.74) is 0.281. The van der Waals surface area contributed by atoms with Gasteiger partial charge in [0.05, 0.1) is 0 Å². The first-order valence-corrected chi connectivity index (χ1v) is 11.7. The predicted octanol–water partition coefficient (Wildman–Crippen LogP) is 2.62. The van der Waals surface area contributed by atoms with Crippen molar-refractivity contribution in [3.8, 4) is 0 Å². The predicted molar refractivity (Wildman–Crippen MR) is 122 cm³/mol. The van der Waals surface area contributed by atoms with Crippen LogP contribution in [0.15, 0.2) is 0 Å². The van der Waals surface area contributed by atoms with Crippen LogP contribution in [0.4, 0.5) is 0 Å². The molecule has 2 heterocycles. The van der Waals surface area contributed by atoms with Crippen molar-refractivity contribution in [2.75, 3.05) is 40.3 Å². The molecule has 2 rings (SSSR count). The summed E-state index contributed by atoms with van der Waals surface area (Å²) < 4.78 is 0. The molecule has 2 aliphatic heterocycles. The van der Waals surface area contributed by atoms with E-state index in [0.717, 1.165) is 0 Å². The third-order valence-electron chi connectivity index (χ3n) is 7.00. The normalized spacial score (nSPS) is 32.1. The van der Waals surface area contributed by atoms with Crippen LogP contribution in [0, 0.1) is 0 Å². The minimum atomic E-state index is 0.281. The second kappa shape index (κ2) is 10.2. The number of hydrogen-bond donors (Lipinski definition) is 2. The van der Waals surface area contributed by atoms with Gasteiger partial charge in [-0.15, -0.1) is 0 Å². The average Bonchev–Trinajstić information content (AvgIpc) is 3.16. The zero-order valence-electron chi connectivity index (χ0n) is 20.3. The van der Waals surface area contributed by atoms with Gasteiger partial charge in [-0.05, 0) is 68.0 Å². The van der Waals surface area contributed by atoms with Crippen molar-refractivity contribution in [3.05, 3.63) is 0 Å². The van der Waals surface area contributed by atoms with E-state index >= 15 is 0 Å². The van der Waals surface area contributed by atoms with Crippen LogP contribution in [0.2, 0.25) is 0 Å². The number of rotatable bonds is 10. The van der Waals surface area contributed by atoms with E-state index < -0.39 is 0 Å². The van der Waals surface area contributed by atoms with Crippen LogP contribution in [0.3, 0.4) is 0 Å². The first kappa shape index (κ1) is 24.1. The summed E-state index contributed by atoms with van der Waals surface area (Å²) in [5.74, 6) is 0. The Kier molecular flexibility index (Phi) is 8.78. The van der Waals surface area contributed by atoms with Crippen LogP contribution in [-0.2, 0) is 0 Å². The molecule has 0 radical (unpaired) electrons. The highest BCUT2D eigenvalue weighted by atomic mass is 15.3. The Balaban J connectivity index is 1.79. The lowest BCUT2D eigenvalue weighted by Gasteiger charge is -2.32. The SMILES string of the molecule is CC(C)NC1CN(C(C)CCC(C)NC2(C)CCN(C(C)C)C2)CC1N(C)C. The van der Waals surface area contributed by atoms with Crippen molar-refractivity contribution >= 4 is 0 Å². The number of nitrogens with one attached hydrogen (secondary N) is 2. The first-order valence-electron chi connectivity index (χ1n) is 11.7. The van der Waals surface area contributed by atoms with Crippen LogP contribution in [0.25, 0.3) is 0 Å². The zero-order valence-corrected chi connectivity index (χ0v) is 20.3. The second-order valence-corrected chi connectivity index (χ2v) is 10.8. The number of likely N-dealkylation sites (tertiary alicyclic amines) is 2. The molecule has 2 aliphatic rings. The molecule has 0 aliphatic carbocycles. The van der Waals surface area contributed by atoms with Crippen molar-refractivity contribution in [1.29, 1.82) is 0 Å². The maximum atomic E-state index is 3.97. The van der Waals surface area contributed by atoms with Gasteiger partial charge in [0, 0.05) is 68.0 Å². The van der Waals surface area contributed by atoms with Crippen LogP contribution in [-0.4, -0.2) is 96.8 Å². The van der Waals surface area contributed by atoms with E-state index in [4.69, 9.17) is 0 Å². The summed E-state index contributed by atoms with van der Waals surface area (Å²) in [6.45, 7) is 21.1. The Morgan fingerprint density at radius 2 is 1.68 bits per heavy atom. The van der Waals surface area contributed by atoms with Crippen LogP contribution in [0.1, 0.15) is 67.7 Å². The van der Waals surface area contributed by atoms with Gasteiger partial charge in [0.15, 0.2) is 0 Å². The van der Waals surface area contributed by atoms with Crippen molar-refractivity contribution in [3.63, 3.8) is 0 Å². The Labute approximate surface area is 175 Å². The van der Waals surface area contributed by atoms with Crippen molar-refractivity contribution in [2.45, 2.75) is 110 Å².